The van der Waals surface area contributed by atoms with Gasteiger partial charge in [-0.1, -0.05) is 54.6 Å². The Morgan fingerprint density at radius 1 is 0.926 bits per heavy atom. The van der Waals surface area contributed by atoms with Gasteiger partial charge in [0, 0.05) is 23.2 Å². The van der Waals surface area contributed by atoms with E-state index in [9.17, 15) is 0 Å². The van der Waals surface area contributed by atoms with Crippen molar-refractivity contribution in [3.63, 3.8) is 0 Å². The topological polar surface area (TPSA) is 39.9 Å². The second-order valence-electron chi connectivity index (χ2n) is 6.39. The molecule has 0 bridgehead atoms. The lowest BCUT2D eigenvalue weighted by molar-refractivity contribution is 0.222. The summed E-state index contributed by atoms with van der Waals surface area (Å²) in [6, 6.07) is 22.4. The number of alkyl halides is 1. The van der Waals surface area contributed by atoms with E-state index in [1.165, 1.54) is 0 Å². The van der Waals surface area contributed by atoms with Crippen LogP contribution in [-0.4, -0.2) is 14.5 Å². The maximum absolute atomic E-state index is 5.95. The number of nitrogens with zero attached hydrogens (tertiary/aromatic N) is 3. The molecule has 0 unspecified atom stereocenters. The smallest absolute Gasteiger partial charge is 0.226 e. The van der Waals surface area contributed by atoms with E-state index >= 15 is 0 Å². The van der Waals surface area contributed by atoms with Crippen LogP contribution in [0.15, 0.2) is 72.9 Å². The number of pyridine rings is 1. The summed E-state index contributed by atoms with van der Waals surface area (Å²) >= 11 is 5.95. The summed E-state index contributed by atoms with van der Waals surface area (Å²) in [5, 5.41) is 0. The number of ether oxygens (including phenoxy) is 1. The summed E-state index contributed by atoms with van der Waals surface area (Å²) in [6.45, 7) is 0.385. The third-order valence-corrected chi connectivity index (χ3v) is 5.05. The molecule has 4 nitrogen and oxygen atoms in total. The summed E-state index contributed by atoms with van der Waals surface area (Å²) < 4.78 is 8.01. The van der Waals surface area contributed by atoms with Crippen molar-refractivity contribution < 1.29 is 4.74 Å². The molecule has 0 saturated heterocycles. The lowest BCUT2D eigenvalue weighted by Crippen LogP contribution is -2.14. The molecule has 0 atom stereocenters. The summed E-state index contributed by atoms with van der Waals surface area (Å²) in [6.07, 6.45) is 1.74. The minimum absolute atomic E-state index is 0.385. The van der Waals surface area contributed by atoms with Crippen LogP contribution in [0.5, 0.6) is 5.88 Å². The first-order valence-corrected chi connectivity index (χ1v) is 9.28. The number of imidazole rings is 1. The molecular weight excluding hydrogens is 358 g/mol. The van der Waals surface area contributed by atoms with Crippen molar-refractivity contribution in [2.45, 2.75) is 12.6 Å². The normalized spacial score (nSPS) is 12.2. The van der Waals surface area contributed by atoms with Gasteiger partial charge in [-0.05, 0) is 17.7 Å². The van der Waals surface area contributed by atoms with E-state index in [1.54, 1.807) is 6.20 Å². The molecule has 0 saturated carbocycles. The summed E-state index contributed by atoms with van der Waals surface area (Å²) in [5.74, 6) is 2.00. The Labute approximate surface area is 162 Å². The Hall–Kier alpha value is -3.11. The summed E-state index contributed by atoms with van der Waals surface area (Å²) in [7, 11) is 0. The Kier molecular flexibility index (Phi) is 3.91. The van der Waals surface area contributed by atoms with Crippen molar-refractivity contribution in [3.05, 3.63) is 78.5 Å². The van der Waals surface area contributed by atoms with Crippen LogP contribution in [0.2, 0.25) is 0 Å². The molecule has 1 aliphatic heterocycles. The van der Waals surface area contributed by atoms with E-state index in [2.05, 4.69) is 33.8 Å². The molecule has 2 aromatic carbocycles. The first-order valence-electron chi connectivity index (χ1n) is 8.74. The predicted molar refractivity (Wildman–Crippen MR) is 107 cm³/mol. The first kappa shape index (κ1) is 16.1. The fraction of sp³-hybridized carbons (Fsp3) is 0.0909. The highest BCUT2D eigenvalue weighted by Crippen LogP contribution is 2.40. The van der Waals surface area contributed by atoms with Crippen LogP contribution in [0.1, 0.15) is 5.56 Å². The minimum Gasteiger partial charge on any atom is -0.455 e. The lowest BCUT2D eigenvalue weighted by atomic mass is 10.0. The zero-order valence-corrected chi connectivity index (χ0v) is 15.2. The highest BCUT2D eigenvalue weighted by Gasteiger charge is 2.26. The number of aromatic nitrogens is 3. The molecule has 3 heterocycles. The van der Waals surface area contributed by atoms with Crippen LogP contribution in [0, 0.1) is 0 Å². The van der Waals surface area contributed by atoms with Crippen LogP contribution < -0.4 is 4.74 Å². The Morgan fingerprint density at radius 3 is 2.52 bits per heavy atom. The van der Waals surface area contributed by atoms with E-state index in [4.69, 9.17) is 21.3 Å². The second-order valence-corrected chi connectivity index (χ2v) is 6.65. The van der Waals surface area contributed by atoms with E-state index in [0.29, 0.717) is 18.5 Å². The van der Waals surface area contributed by atoms with Crippen molar-refractivity contribution in [2.75, 3.05) is 0 Å². The molecule has 0 radical (unpaired) electrons. The quantitative estimate of drug-likeness (QED) is 0.453. The van der Waals surface area contributed by atoms with Gasteiger partial charge in [-0.15, -0.1) is 11.6 Å². The molecule has 132 valence electrons. The van der Waals surface area contributed by atoms with Gasteiger partial charge in [0.15, 0.2) is 6.73 Å². The van der Waals surface area contributed by atoms with Crippen molar-refractivity contribution in [3.8, 4) is 39.8 Å². The zero-order chi connectivity index (χ0) is 18.2. The highest BCUT2D eigenvalue weighted by atomic mass is 35.5. The Balaban J connectivity index is 1.77. The van der Waals surface area contributed by atoms with Gasteiger partial charge in [-0.25, -0.2) is 9.97 Å². The van der Waals surface area contributed by atoms with Crippen molar-refractivity contribution in [1.82, 2.24) is 14.5 Å². The van der Waals surface area contributed by atoms with Crippen LogP contribution >= 0.6 is 11.6 Å². The molecule has 0 aliphatic carbocycles. The predicted octanol–water partition coefficient (Wildman–Crippen LogP) is 5.37. The van der Waals surface area contributed by atoms with Gasteiger partial charge in [0.2, 0.25) is 5.88 Å². The van der Waals surface area contributed by atoms with E-state index in [0.717, 1.165) is 39.5 Å². The Bertz CT molecular complexity index is 1100. The highest BCUT2D eigenvalue weighted by molar-refractivity contribution is 6.17. The lowest BCUT2D eigenvalue weighted by Gasteiger charge is -2.19. The minimum atomic E-state index is 0.385. The van der Waals surface area contributed by atoms with E-state index in [1.807, 2.05) is 42.5 Å². The number of benzene rings is 2. The van der Waals surface area contributed by atoms with Gasteiger partial charge in [0.05, 0.1) is 17.0 Å². The molecule has 0 amide bonds. The maximum Gasteiger partial charge on any atom is 0.226 e. The SMILES string of the molecule is ClCc1ccc(-c2nc3n(c2-c2ccccc2)COc2ncccc2-3)cc1. The molecule has 5 heteroatoms. The molecular formula is C22H16ClN3O. The summed E-state index contributed by atoms with van der Waals surface area (Å²) in [5.41, 5.74) is 6.11. The molecule has 0 fully saturated rings. The first-order chi connectivity index (χ1) is 13.3. The Morgan fingerprint density at radius 2 is 1.74 bits per heavy atom. The zero-order valence-electron chi connectivity index (χ0n) is 14.5. The summed E-state index contributed by atoms with van der Waals surface area (Å²) in [4.78, 5) is 9.34. The molecule has 1 aliphatic rings. The molecule has 2 aromatic heterocycles. The molecule has 5 rings (SSSR count). The average Bonchev–Trinajstić information content (AvgIpc) is 3.14. The monoisotopic (exact) mass is 373 g/mol. The third-order valence-electron chi connectivity index (χ3n) is 4.74. The van der Waals surface area contributed by atoms with Gasteiger partial charge in [0.25, 0.3) is 0 Å². The molecule has 27 heavy (non-hydrogen) atoms. The number of halogens is 1. The number of fused-ring (bicyclic) bond motifs is 3. The van der Waals surface area contributed by atoms with Crippen LogP contribution in [0.4, 0.5) is 0 Å². The standard InChI is InChI=1S/C22H16ClN3O/c23-13-15-8-10-16(11-9-15)19-20(17-5-2-1-3-6-17)26-14-27-22-18(21(26)25-19)7-4-12-24-22/h1-12H,13-14H2. The van der Waals surface area contributed by atoms with Crippen LogP contribution in [0.3, 0.4) is 0 Å². The van der Waals surface area contributed by atoms with E-state index < -0.39 is 0 Å². The number of hydrogen-bond acceptors (Lipinski definition) is 3. The van der Waals surface area contributed by atoms with Crippen molar-refractivity contribution >= 4 is 11.6 Å². The fourth-order valence-corrected chi connectivity index (χ4v) is 3.61. The largest absolute Gasteiger partial charge is 0.455 e. The van der Waals surface area contributed by atoms with Gasteiger partial charge >= 0.3 is 0 Å². The van der Waals surface area contributed by atoms with E-state index in [-0.39, 0.29) is 0 Å². The van der Waals surface area contributed by atoms with Crippen LogP contribution in [-0.2, 0) is 12.6 Å². The second kappa shape index (κ2) is 6.56. The van der Waals surface area contributed by atoms with Crippen LogP contribution in [0.25, 0.3) is 33.9 Å². The van der Waals surface area contributed by atoms with Gasteiger partial charge in [-0.2, -0.15) is 0 Å². The van der Waals surface area contributed by atoms with Gasteiger partial charge < -0.3 is 4.74 Å². The molecule has 4 aromatic rings. The number of hydrogen-bond donors (Lipinski definition) is 0. The molecule has 0 spiro atoms. The number of rotatable bonds is 3. The van der Waals surface area contributed by atoms with Gasteiger partial charge in [-0.3, -0.25) is 4.57 Å². The van der Waals surface area contributed by atoms with Gasteiger partial charge in [0.1, 0.15) is 5.82 Å². The molecule has 0 N–H and O–H groups in total. The van der Waals surface area contributed by atoms with Crippen molar-refractivity contribution in [2.24, 2.45) is 0 Å². The fourth-order valence-electron chi connectivity index (χ4n) is 3.43. The maximum atomic E-state index is 5.95. The van der Waals surface area contributed by atoms with Crippen molar-refractivity contribution in [1.29, 1.82) is 0 Å². The third kappa shape index (κ3) is 2.69. The average molecular weight is 374 g/mol.